The number of methoxy groups -OCH3 is 1. The first-order valence-corrected chi connectivity index (χ1v) is 16.7. The third kappa shape index (κ3) is 8.45. The molecule has 0 bridgehead atoms. The molecule has 0 aliphatic carbocycles. The number of aromatic nitrogens is 1. The molecule has 1 aliphatic heterocycles. The van der Waals surface area contributed by atoms with E-state index < -0.39 is 65.5 Å². The molecule has 0 aromatic carbocycles. The van der Waals surface area contributed by atoms with Gasteiger partial charge in [-0.3, -0.25) is 14.1 Å². The van der Waals surface area contributed by atoms with Crippen molar-refractivity contribution in [1.29, 1.82) is 0 Å². The van der Waals surface area contributed by atoms with Gasteiger partial charge in [-0.2, -0.15) is 12.7 Å². The third-order valence-corrected chi connectivity index (χ3v) is 8.23. The topological polar surface area (TPSA) is 217 Å². The van der Waals surface area contributed by atoms with Gasteiger partial charge in [0.2, 0.25) is 5.60 Å². The van der Waals surface area contributed by atoms with Gasteiger partial charge in [0.05, 0.1) is 13.7 Å². The number of hydrogen-bond donors (Lipinski definition) is 3. The average molecular weight is 604 g/mol. The second-order valence-corrected chi connectivity index (χ2v) is 17.4. The predicted molar refractivity (Wildman–Crippen MR) is 141 cm³/mol. The number of nitrogens with zero attached hydrogens (tertiary/aromatic N) is 3. The Morgan fingerprint density at radius 2 is 1.92 bits per heavy atom. The summed E-state index contributed by atoms with van der Waals surface area (Å²) in [6.07, 6.45) is 0. The molecule has 1 aliphatic rings. The number of rotatable bonds is 11. The molecule has 1 fully saturated rings. The maximum atomic E-state index is 13.0. The number of esters is 2. The van der Waals surface area contributed by atoms with Crippen molar-refractivity contribution in [2.24, 2.45) is 5.16 Å². The van der Waals surface area contributed by atoms with Crippen LogP contribution in [-0.2, 0) is 43.8 Å². The first-order chi connectivity index (χ1) is 16.9. The molecule has 38 heavy (non-hydrogen) atoms. The molecule has 2 rings (SSSR count). The molecule has 1 saturated heterocycles. The Labute approximate surface area is 246 Å². The minimum atomic E-state index is -5.11. The summed E-state index contributed by atoms with van der Waals surface area (Å²) in [6, 6.07) is -2.86. The van der Waals surface area contributed by atoms with Gasteiger partial charge in [0, 0.05) is 13.5 Å². The van der Waals surface area contributed by atoms with Crippen LogP contribution in [0.5, 0.6) is 0 Å². The van der Waals surface area contributed by atoms with Crippen molar-refractivity contribution >= 4 is 93.9 Å². The van der Waals surface area contributed by atoms with Crippen LogP contribution < -0.4 is 11.1 Å². The molecule has 2 amide bonds. The van der Waals surface area contributed by atoms with Gasteiger partial charge in [-0.15, -0.1) is 11.3 Å². The second kappa shape index (κ2) is 12.8. The van der Waals surface area contributed by atoms with Crippen LogP contribution in [0, 0.1) is 0 Å². The van der Waals surface area contributed by atoms with E-state index in [0.717, 1.165) is 24.5 Å². The van der Waals surface area contributed by atoms with Crippen LogP contribution in [0.2, 0.25) is 25.7 Å². The van der Waals surface area contributed by atoms with Crippen LogP contribution in [0.3, 0.4) is 0 Å². The van der Waals surface area contributed by atoms with Crippen molar-refractivity contribution in [2.75, 3.05) is 19.5 Å². The molecule has 2 atom stereocenters. The van der Waals surface area contributed by atoms with E-state index in [9.17, 15) is 32.1 Å². The number of nitrogens with two attached hydrogens (primary N) is 1. The maximum absolute atomic E-state index is 13.0. The van der Waals surface area contributed by atoms with Crippen molar-refractivity contribution in [1.82, 2.24) is 14.6 Å². The number of oxime groups is 1. The average Bonchev–Trinajstić information content (AvgIpc) is 3.18. The van der Waals surface area contributed by atoms with Crippen LogP contribution in [-0.4, -0.2) is 121 Å². The Kier molecular flexibility index (Phi) is 11.5. The number of nitrogen functional groups attached to an aromatic ring is 1. The van der Waals surface area contributed by atoms with Crippen molar-refractivity contribution in [3.8, 4) is 0 Å². The fourth-order valence-electron chi connectivity index (χ4n) is 2.84. The van der Waals surface area contributed by atoms with Crippen LogP contribution in [0.25, 0.3) is 0 Å². The van der Waals surface area contributed by atoms with Crippen molar-refractivity contribution in [2.45, 2.75) is 57.2 Å². The van der Waals surface area contributed by atoms with Gasteiger partial charge in [-0.1, -0.05) is 24.8 Å². The number of β-lactam (4-membered cyclic amide) rings is 1. The Balaban J connectivity index is 0.00000722. The summed E-state index contributed by atoms with van der Waals surface area (Å²) in [7, 11) is -5.65. The minimum absolute atomic E-state index is 0. The van der Waals surface area contributed by atoms with E-state index in [1.807, 2.05) is 0 Å². The zero-order valence-corrected chi connectivity index (χ0v) is 23.6. The molecular formula is C19H30N5NaO10S2Si. The Morgan fingerprint density at radius 1 is 1.32 bits per heavy atom. The Hall–Kier alpha value is -2.09. The fourth-order valence-corrected chi connectivity index (χ4v) is 4.94. The number of nitrogens with one attached hydrogen (secondary N) is 1. The zero-order chi connectivity index (χ0) is 28.3. The van der Waals surface area contributed by atoms with Crippen molar-refractivity contribution in [3.63, 3.8) is 0 Å². The van der Waals surface area contributed by atoms with E-state index in [0.29, 0.717) is 0 Å². The number of carbonyl (C=O) groups excluding carboxylic acids is 4. The molecule has 0 saturated carbocycles. The van der Waals surface area contributed by atoms with Gasteiger partial charge in [0.25, 0.3) is 11.8 Å². The molecule has 2 unspecified atom stereocenters. The Morgan fingerprint density at radius 3 is 2.39 bits per heavy atom. The number of anilines is 1. The van der Waals surface area contributed by atoms with Gasteiger partial charge in [0.15, 0.2) is 16.9 Å². The molecule has 1 aromatic heterocycles. The standard InChI is InChI=1S/C19H29N5O10S2Si.Na.H/c1-19(2,17(28)33-7-8-37(4,5)6)34-23-11(10-9-35-18(20)21-10)14(25)22-12-13(16(27)32-3)24(15(12)26)36(29,30)31;;/h9,12-13H,7-8H2,1-6H3,(H2,20,21)(H,22,25)(H,29,30,31);;/b23-11-;;. The molecule has 208 valence electrons. The summed E-state index contributed by atoms with van der Waals surface area (Å²) >= 11 is 0.956. The van der Waals surface area contributed by atoms with Gasteiger partial charge in [-0.25, -0.2) is 14.6 Å². The van der Waals surface area contributed by atoms with Gasteiger partial charge in [0.1, 0.15) is 11.7 Å². The second-order valence-electron chi connectivity index (χ2n) is 9.59. The van der Waals surface area contributed by atoms with E-state index in [-0.39, 0.29) is 51.3 Å². The van der Waals surface area contributed by atoms with Crippen LogP contribution in [0.4, 0.5) is 5.13 Å². The molecule has 15 nitrogen and oxygen atoms in total. The molecule has 2 heterocycles. The molecule has 4 N–H and O–H groups in total. The van der Waals surface area contributed by atoms with E-state index >= 15 is 0 Å². The summed E-state index contributed by atoms with van der Waals surface area (Å²) < 4.78 is 41.8. The summed E-state index contributed by atoms with van der Waals surface area (Å²) in [4.78, 5) is 59.2. The van der Waals surface area contributed by atoms with E-state index in [4.69, 9.17) is 15.3 Å². The monoisotopic (exact) mass is 603 g/mol. The fraction of sp³-hybridized carbons (Fsp3) is 0.579. The molecule has 0 radical (unpaired) electrons. The van der Waals surface area contributed by atoms with E-state index in [1.165, 1.54) is 19.2 Å². The summed E-state index contributed by atoms with van der Waals surface area (Å²) in [5.74, 6) is -4.36. The zero-order valence-electron chi connectivity index (χ0n) is 21.0. The van der Waals surface area contributed by atoms with Crippen LogP contribution in [0.1, 0.15) is 19.5 Å². The van der Waals surface area contributed by atoms with Crippen LogP contribution in [0.15, 0.2) is 10.5 Å². The van der Waals surface area contributed by atoms with Gasteiger partial charge in [-0.05, 0) is 19.9 Å². The Bertz CT molecular complexity index is 1210. The number of ether oxygens (including phenoxy) is 2. The number of amides is 2. The quantitative estimate of drug-likeness (QED) is 0.0702. The summed E-state index contributed by atoms with van der Waals surface area (Å²) in [5, 5.41) is 7.31. The van der Waals surface area contributed by atoms with E-state index in [1.54, 1.807) is 0 Å². The number of hydrogen-bond acceptors (Lipinski definition) is 13. The third-order valence-electron chi connectivity index (χ3n) is 4.95. The molecule has 1 aromatic rings. The van der Waals surface area contributed by atoms with Crippen LogP contribution >= 0.6 is 11.3 Å². The first-order valence-electron chi connectivity index (χ1n) is 10.7. The van der Waals surface area contributed by atoms with Gasteiger partial charge < -0.3 is 25.4 Å². The van der Waals surface area contributed by atoms with Crippen molar-refractivity contribution < 1.29 is 46.5 Å². The van der Waals surface area contributed by atoms with E-state index in [2.05, 4.69) is 39.8 Å². The number of thiazole rings is 1. The van der Waals surface area contributed by atoms with Crippen molar-refractivity contribution in [3.05, 3.63) is 11.1 Å². The predicted octanol–water partition coefficient (Wildman–Crippen LogP) is -0.871. The molecule has 0 spiro atoms. The normalized spacial score (nSPS) is 18.1. The molecular weight excluding hydrogens is 573 g/mol. The SMILES string of the molecule is COC(=O)C1C(NC(=O)/C(=N\OC(C)(C)C(=O)OCC[Si](C)(C)C)c2csc(N)n2)C(=O)N1S(=O)(=O)O.[NaH]. The van der Waals surface area contributed by atoms with Gasteiger partial charge >= 0.3 is 51.8 Å². The molecule has 19 heteroatoms. The summed E-state index contributed by atoms with van der Waals surface area (Å²) in [5.41, 5.74) is 3.39. The number of carbonyl (C=O) groups is 4. The first kappa shape index (κ1) is 33.9. The summed E-state index contributed by atoms with van der Waals surface area (Å²) in [6.45, 7) is 9.26.